The fourth-order valence-corrected chi connectivity index (χ4v) is 7.43. The molecule has 0 N–H and O–H groups in total. The summed E-state index contributed by atoms with van der Waals surface area (Å²) in [5, 5.41) is 0. The SMILES string of the molecule is CC(=O)OC1CC2C(C)c3ccoc3CC2C2(C)CCC(OC(C)=O)C(C)(C)C12. The molecule has 3 aliphatic carbocycles. The van der Waals surface area contributed by atoms with Crippen LogP contribution in [0.5, 0.6) is 0 Å². The number of esters is 2. The van der Waals surface area contributed by atoms with Crippen LogP contribution in [0.3, 0.4) is 0 Å². The van der Waals surface area contributed by atoms with Crippen molar-refractivity contribution in [2.45, 2.75) is 85.4 Å². The summed E-state index contributed by atoms with van der Waals surface area (Å²) in [4.78, 5) is 23.8. The Labute approximate surface area is 173 Å². The normalized spacial score (nSPS) is 40.2. The zero-order valence-corrected chi connectivity index (χ0v) is 18.5. The van der Waals surface area contributed by atoms with Crippen LogP contribution in [0.15, 0.2) is 16.7 Å². The van der Waals surface area contributed by atoms with Crippen molar-refractivity contribution in [2.75, 3.05) is 0 Å². The molecule has 0 amide bonds. The van der Waals surface area contributed by atoms with E-state index in [0.717, 1.165) is 31.4 Å². The van der Waals surface area contributed by atoms with Gasteiger partial charge >= 0.3 is 11.9 Å². The highest BCUT2D eigenvalue weighted by molar-refractivity contribution is 5.66. The van der Waals surface area contributed by atoms with Gasteiger partial charge in [0.15, 0.2) is 0 Å². The predicted octanol–water partition coefficient (Wildman–Crippen LogP) is 4.88. The molecule has 0 saturated heterocycles. The Bertz CT molecular complexity index is 808. The summed E-state index contributed by atoms with van der Waals surface area (Å²) in [7, 11) is 0. The Morgan fingerprint density at radius 1 is 1.14 bits per heavy atom. The molecule has 5 heteroatoms. The van der Waals surface area contributed by atoms with Crippen molar-refractivity contribution in [1.82, 2.24) is 0 Å². The second-order valence-corrected chi connectivity index (χ2v) is 10.4. The van der Waals surface area contributed by atoms with E-state index in [1.807, 2.05) is 6.26 Å². The second kappa shape index (κ2) is 6.88. The number of ether oxygens (including phenoxy) is 2. The van der Waals surface area contributed by atoms with Crippen molar-refractivity contribution in [1.29, 1.82) is 0 Å². The number of hydrogen-bond acceptors (Lipinski definition) is 5. The minimum Gasteiger partial charge on any atom is -0.469 e. The van der Waals surface area contributed by atoms with Crippen LogP contribution in [-0.4, -0.2) is 24.1 Å². The van der Waals surface area contributed by atoms with Gasteiger partial charge in [0.05, 0.1) is 6.26 Å². The topological polar surface area (TPSA) is 65.7 Å². The van der Waals surface area contributed by atoms with Crippen LogP contribution < -0.4 is 0 Å². The van der Waals surface area contributed by atoms with Gasteiger partial charge in [-0.2, -0.15) is 0 Å². The number of hydrogen-bond donors (Lipinski definition) is 0. The first-order chi connectivity index (χ1) is 13.6. The fourth-order valence-electron chi connectivity index (χ4n) is 7.43. The second-order valence-electron chi connectivity index (χ2n) is 10.4. The molecule has 2 fully saturated rings. The van der Waals surface area contributed by atoms with E-state index >= 15 is 0 Å². The number of furan rings is 1. The van der Waals surface area contributed by atoms with E-state index in [-0.39, 0.29) is 40.9 Å². The molecule has 0 spiro atoms. The molecule has 0 aliphatic heterocycles. The van der Waals surface area contributed by atoms with E-state index < -0.39 is 0 Å². The van der Waals surface area contributed by atoms with E-state index in [2.05, 4.69) is 33.8 Å². The van der Waals surface area contributed by atoms with Gasteiger partial charge in [-0.05, 0) is 54.1 Å². The standard InChI is InChI=1S/C24H34O5/c1-13-16-8-10-27-19(16)12-18-17(13)11-20(28-14(2)25)22-23(4,5)21(29-15(3)26)7-9-24(18,22)6/h8,10,13,17-18,20-22H,7,9,11-12H2,1-6H3. The Hall–Kier alpha value is -1.78. The fraction of sp³-hybridized carbons (Fsp3) is 0.750. The van der Waals surface area contributed by atoms with Gasteiger partial charge in [0.2, 0.25) is 0 Å². The molecule has 1 heterocycles. The van der Waals surface area contributed by atoms with E-state index in [1.165, 1.54) is 19.4 Å². The Balaban J connectivity index is 1.77. The Kier molecular flexibility index (Phi) is 4.86. The highest BCUT2D eigenvalue weighted by atomic mass is 16.5. The van der Waals surface area contributed by atoms with Crippen molar-refractivity contribution < 1.29 is 23.5 Å². The third-order valence-electron chi connectivity index (χ3n) is 8.47. The van der Waals surface area contributed by atoms with E-state index in [9.17, 15) is 9.59 Å². The highest BCUT2D eigenvalue weighted by Gasteiger charge is 2.64. The number of fused-ring (bicyclic) bond motifs is 4. The summed E-state index contributed by atoms with van der Waals surface area (Å²) in [6.07, 6.45) is 5.08. The molecule has 7 atom stereocenters. The van der Waals surface area contributed by atoms with E-state index in [1.54, 1.807) is 0 Å². The lowest BCUT2D eigenvalue weighted by atomic mass is 9.42. The van der Waals surface area contributed by atoms with Gasteiger partial charge in [-0.3, -0.25) is 9.59 Å². The molecular formula is C24H34O5. The minimum absolute atomic E-state index is 0.0120. The summed E-state index contributed by atoms with van der Waals surface area (Å²) in [5.74, 6) is 2.07. The molecule has 1 aromatic rings. The van der Waals surface area contributed by atoms with Crippen LogP contribution in [0.2, 0.25) is 0 Å². The molecule has 5 nitrogen and oxygen atoms in total. The molecule has 1 aromatic heterocycles. The lowest BCUT2D eigenvalue weighted by molar-refractivity contribution is -0.220. The number of carbonyl (C=O) groups excluding carboxylic acids is 2. The van der Waals surface area contributed by atoms with Crippen molar-refractivity contribution in [3.05, 3.63) is 23.7 Å². The molecule has 29 heavy (non-hydrogen) atoms. The van der Waals surface area contributed by atoms with Gasteiger partial charge in [-0.1, -0.05) is 27.7 Å². The van der Waals surface area contributed by atoms with Gasteiger partial charge in [-0.15, -0.1) is 0 Å². The van der Waals surface area contributed by atoms with Crippen molar-refractivity contribution in [3.8, 4) is 0 Å². The molecule has 0 aromatic carbocycles. The summed E-state index contributed by atoms with van der Waals surface area (Å²) in [6.45, 7) is 12.0. The number of carbonyl (C=O) groups is 2. The van der Waals surface area contributed by atoms with E-state index in [4.69, 9.17) is 13.9 Å². The van der Waals surface area contributed by atoms with Crippen LogP contribution in [0.4, 0.5) is 0 Å². The van der Waals surface area contributed by atoms with Gasteiger partial charge < -0.3 is 13.9 Å². The zero-order valence-electron chi connectivity index (χ0n) is 18.5. The zero-order chi connectivity index (χ0) is 21.1. The smallest absolute Gasteiger partial charge is 0.302 e. The lowest BCUT2D eigenvalue weighted by Gasteiger charge is -2.64. The van der Waals surface area contributed by atoms with Crippen molar-refractivity contribution in [3.63, 3.8) is 0 Å². The maximum absolute atomic E-state index is 12.0. The van der Waals surface area contributed by atoms with Gasteiger partial charge in [0.1, 0.15) is 18.0 Å². The molecule has 3 aliphatic rings. The van der Waals surface area contributed by atoms with Gasteiger partial charge in [0.25, 0.3) is 0 Å². The van der Waals surface area contributed by atoms with Crippen molar-refractivity contribution in [2.24, 2.45) is 28.6 Å². The Morgan fingerprint density at radius 2 is 1.83 bits per heavy atom. The quantitative estimate of drug-likeness (QED) is 0.660. The van der Waals surface area contributed by atoms with E-state index in [0.29, 0.717) is 17.8 Å². The molecule has 0 radical (unpaired) electrons. The highest BCUT2D eigenvalue weighted by Crippen LogP contribution is 2.65. The first-order valence-electron chi connectivity index (χ1n) is 11.0. The average molecular weight is 403 g/mol. The molecule has 4 rings (SSSR count). The van der Waals surface area contributed by atoms with Crippen LogP contribution >= 0.6 is 0 Å². The van der Waals surface area contributed by atoms with Crippen molar-refractivity contribution >= 4 is 11.9 Å². The maximum Gasteiger partial charge on any atom is 0.302 e. The molecular weight excluding hydrogens is 368 g/mol. The summed E-state index contributed by atoms with van der Waals surface area (Å²) in [5.41, 5.74) is 1.01. The maximum atomic E-state index is 12.0. The third kappa shape index (κ3) is 3.12. The predicted molar refractivity (Wildman–Crippen MR) is 108 cm³/mol. The van der Waals surface area contributed by atoms with Crippen LogP contribution in [0.25, 0.3) is 0 Å². The van der Waals surface area contributed by atoms with Gasteiger partial charge in [0, 0.05) is 31.6 Å². The summed E-state index contributed by atoms with van der Waals surface area (Å²) in [6, 6.07) is 2.10. The van der Waals surface area contributed by atoms with Crippen LogP contribution in [0.1, 0.15) is 78.0 Å². The summed E-state index contributed by atoms with van der Waals surface area (Å²) >= 11 is 0. The van der Waals surface area contributed by atoms with Gasteiger partial charge in [-0.25, -0.2) is 0 Å². The largest absolute Gasteiger partial charge is 0.469 e. The molecule has 7 unspecified atom stereocenters. The lowest BCUT2D eigenvalue weighted by Crippen LogP contribution is -2.63. The minimum atomic E-state index is -0.281. The molecule has 2 saturated carbocycles. The molecule has 160 valence electrons. The first kappa shape index (κ1) is 20.5. The Morgan fingerprint density at radius 3 is 2.48 bits per heavy atom. The monoisotopic (exact) mass is 402 g/mol. The van der Waals surface area contributed by atoms with Crippen LogP contribution in [-0.2, 0) is 25.5 Å². The summed E-state index contributed by atoms with van der Waals surface area (Å²) < 4.78 is 17.6. The average Bonchev–Trinajstić information content (AvgIpc) is 3.07. The van der Waals surface area contributed by atoms with Crippen LogP contribution in [0, 0.1) is 28.6 Å². The third-order valence-corrected chi connectivity index (χ3v) is 8.47. The first-order valence-corrected chi connectivity index (χ1v) is 11.0. The number of rotatable bonds is 2. The molecule has 0 bridgehead atoms.